The molecule has 1 aromatic rings. The number of nitrogens with zero attached hydrogens (tertiary/aromatic N) is 1. The molecule has 1 aromatic carbocycles. The van der Waals surface area contributed by atoms with E-state index in [-0.39, 0.29) is 30.0 Å². The fourth-order valence-electron chi connectivity index (χ4n) is 2.06. The van der Waals surface area contributed by atoms with Gasteiger partial charge >= 0.3 is 6.09 Å². The second-order valence-electron chi connectivity index (χ2n) is 6.41. The predicted octanol–water partition coefficient (Wildman–Crippen LogP) is 1.91. The second kappa shape index (κ2) is 8.63. The molecule has 9 heteroatoms. The highest BCUT2D eigenvalue weighted by Gasteiger charge is 2.27. The van der Waals surface area contributed by atoms with Crippen LogP contribution in [0.5, 0.6) is 5.75 Å². The lowest BCUT2D eigenvalue weighted by atomic mass is 10.00. The van der Waals surface area contributed by atoms with E-state index in [0.29, 0.717) is 0 Å². The van der Waals surface area contributed by atoms with Gasteiger partial charge in [0.2, 0.25) is 0 Å². The van der Waals surface area contributed by atoms with Gasteiger partial charge in [0, 0.05) is 6.54 Å². The van der Waals surface area contributed by atoms with Crippen LogP contribution < -0.4 is 10.1 Å². The smallest absolute Gasteiger partial charge is 0.407 e. The molecule has 0 fully saturated rings. The summed E-state index contributed by atoms with van der Waals surface area (Å²) in [6, 6.07) is 3.95. The van der Waals surface area contributed by atoms with Crippen molar-refractivity contribution in [3.8, 4) is 5.75 Å². The number of carbonyl (C=O) groups excluding carboxylic acids is 1. The van der Waals surface area contributed by atoms with Gasteiger partial charge in [0.1, 0.15) is 17.5 Å². The Labute approximate surface area is 145 Å². The van der Waals surface area contributed by atoms with Gasteiger partial charge in [0.15, 0.2) is 0 Å². The van der Waals surface area contributed by atoms with Crippen LogP contribution in [-0.4, -0.2) is 46.6 Å². The summed E-state index contributed by atoms with van der Waals surface area (Å²) in [5.74, 6) is 0.267. The van der Waals surface area contributed by atoms with Crippen molar-refractivity contribution in [3.05, 3.63) is 33.9 Å². The van der Waals surface area contributed by atoms with E-state index in [0.717, 1.165) is 0 Å². The number of nitrogens with one attached hydrogen (secondary N) is 1. The molecule has 0 saturated carbocycles. The topological polar surface area (TPSA) is 131 Å². The SMILES string of the molecule is COc1ccc(C(O)C(O)CCNC(=O)OC(C)(C)C)c([N+](=O)[O-])c1. The van der Waals surface area contributed by atoms with E-state index in [9.17, 15) is 25.1 Å². The van der Waals surface area contributed by atoms with E-state index in [1.54, 1.807) is 20.8 Å². The number of aliphatic hydroxyl groups excluding tert-OH is 2. The third-order valence-electron chi connectivity index (χ3n) is 3.23. The van der Waals surface area contributed by atoms with Crippen LogP contribution in [0, 0.1) is 10.1 Å². The first-order chi connectivity index (χ1) is 11.5. The van der Waals surface area contributed by atoms with Gasteiger partial charge in [-0.15, -0.1) is 0 Å². The van der Waals surface area contributed by atoms with Crippen LogP contribution in [0.3, 0.4) is 0 Å². The quantitative estimate of drug-likeness (QED) is 0.502. The molecular weight excluding hydrogens is 332 g/mol. The molecule has 0 aliphatic heterocycles. The number of amides is 1. The first kappa shape index (κ1) is 20.7. The van der Waals surface area contributed by atoms with Crippen molar-refractivity contribution in [1.29, 1.82) is 0 Å². The summed E-state index contributed by atoms with van der Waals surface area (Å²) in [5, 5.41) is 33.8. The van der Waals surface area contributed by atoms with Gasteiger partial charge in [-0.1, -0.05) is 0 Å². The molecule has 0 radical (unpaired) electrons. The number of benzene rings is 1. The summed E-state index contributed by atoms with van der Waals surface area (Å²) in [4.78, 5) is 22.0. The van der Waals surface area contributed by atoms with Crippen LogP contribution in [0.2, 0.25) is 0 Å². The molecule has 140 valence electrons. The average Bonchev–Trinajstić information content (AvgIpc) is 2.51. The third-order valence-corrected chi connectivity index (χ3v) is 3.23. The molecule has 0 saturated heterocycles. The maximum absolute atomic E-state index is 11.5. The van der Waals surface area contributed by atoms with E-state index in [4.69, 9.17) is 9.47 Å². The summed E-state index contributed by atoms with van der Waals surface area (Å²) >= 11 is 0. The molecule has 0 spiro atoms. The monoisotopic (exact) mass is 356 g/mol. The van der Waals surface area contributed by atoms with E-state index >= 15 is 0 Å². The van der Waals surface area contributed by atoms with Crippen molar-refractivity contribution in [1.82, 2.24) is 5.32 Å². The molecular formula is C16H24N2O7. The lowest BCUT2D eigenvalue weighted by Crippen LogP contribution is -2.34. The Bertz CT molecular complexity index is 613. The number of hydrogen-bond donors (Lipinski definition) is 3. The van der Waals surface area contributed by atoms with E-state index in [1.807, 2.05) is 0 Å². The summed E-state index contributed by atoms with van der Waals surface area (Å²) in [5.41, 5.74) is -1.03. The number of carbonyl (C=O) groups is 1. The summed E-state index contributed by atoms with van der Waals surface area (Å²) in [6.45, 7) is 5.19. The molecule has 3 N–H and O–H groups in total. The van der Waals surface area contributed by atoms with Crippen molar-refractivity contribution >= 4 is 11.8 Å². The predicted molar refractivity (Wildman–Crippen MR) is 89.5 cm³/mol. The van der Waals surface area contributed by atoms with Crippen molar-refractivity contribution < 1.29 is 29.4 Å². The van der Waals surface area contributed by atoms with Gasteiger partial charge in [0.05, 0.1) is 29.8 Å². The number of methoxy groups -OCH3 is 1. The van der Waals surface area contributed by atoms with Crippen LogP contribution in [0.4, 0.5) is 10.5 Å². The van der Waals surface area contributed by atoms with Crippen LogP contribution in [0.1, 0.15) is 38.9 Å². The van der Waals surface area contributed by atoms with Crippen LogP contribution >= 0.6 is 0 Å². The Morgan fingerprint density at radius 1 is 1.36 bits per heavy atom. The molecule has 0 aliphatic rings. The Hall–Kier alpha value is -2.39. The van der Waals surface area contributed by atoms with Gasteiger partial charge in [0.25, 0.3) is 5.69 Å². The van der Waals surface area contributed by atoms with Crippen LogP contribution in [0.25, 0.3) is 0 Å². The van der Waals surface area contributed by atoms with E-state index in [1.165, 1.54) is 25.3 Å². The van der Waals surface area contributed by atoms with Crippen molar-refractivity contribution in [2.75, 3.05) is 13.7 Å². The fraction of sp³-hybridized carbons (Fsp3) is 0.562. The van der Waals surface area contributed by atoms with Gasteiger partial charge < -0.3 is 25.0 Å². The first-order valence-corrected chi connectivity index (χ1v) is 7.70. The van der Waals surface area contributed by atoms with Crippen molar-refractivity contribution in [3.63, 3.8) is 0 Å². The lowest BCUT2D eigenvalue weighted by molar-refractivity contribution is -0.386. The number of nitro benzene ring substituents is 1. The number of rotatable bonds is 7. The van der Waals surface area contributed by atoms with Crippen molar-refractivity contribution in [2.45, 2.75) is 45.0 Å². The Morgan fingerprint density at radius 2 is 2.00 bits per heavy atom. The molecule has 0 heterocycles. The Kier molecular flexibility index (Phi) is 7.13. The Balaban J connectivity index is 2.69. The van der Waals surface area contributed by atoms with E-state index < -0.39 is 28.8 Å². The number of nitro groups is 1. The highest BCUT2D eigenvalue weighted by atomic mass is 16.6. The highest BCUT2D eigenvalue weighted by Crippen LogP contribution is 2.31. The number of ether oxygens (including phenoxy) is 2. The molecule has 2 atom stereocenters. The minimum Gasteiger partial charge on any atom is -0.497 e. The minimum atomic E-state index is -1.48. The summed E-state index contributed by atoms with van der Waals surface area (Å²) in [7, 11) is 1.37. The third kappa shape index (κ3) is 6.55. The van der Waals surface area contributed by atoms with Gasteiger partial charge in [-0.2, -0.15) is 0 Å². The zero-order chi connectivity index (χ0) is 19.2. The number of aliphatic hydroxyl groups is 2. The fourth-order valence-corrected chi connectivity index (χ4v) is 2.06. The molecule has 9 nitrogen and oxygen atoms in total. The summed E-state index contributed by atoms with van der Waals surface area (Å²) in [6.07, 6.45) is -3.44. The molecule has 0 bridgehead atoms. The molecule has 2 unspecified atom stereocenters. The van der Waals surface area contributed by atoms with Gasteiger partial charge in [-0.25, -0.2) is 4.79 Å². The normalized spacial score (nSPS) is 13.7. The zero-order valence-corrected chi connectivity index (χ0v) is 14.7. The molecule has 1 rings (SSSR count). The van der Waals surface area contributed by atoms with Crippen LogP contribution in [-0.2, 0) is 4.74 Å². The van der Waals surface area contributed by atoms with E-state index in [2.05, 4.69) is 5.32 Å². The zero-order valence-electron chi connectivity index (χ0n) is 14.7. The maximum atomic E-state index is 11.5. The average molecular weight is 356 g/mol. The van der Waals surface area contributed by atoms with Crippen LogP contribution in [0.15, 0.2) is 18.2 Å². The van der Waals surface area contributed by atoms with Gasteiger partial charge in [-0.05, 0) is 39.3 Å². The Morgan fingerprint density at radius 3 is 2.52 bits per heavy atom. The maximum Gasteiger partial charge on any atom is 0.407 e. The largest absolute Gasteiger partial charge is 0.497 e. The number of alkyl carbamates (subject to hydrolysis) is 1. The summed E-state index contributed by atoms with van der Waals surface area (Å²) < 4.78 is 9.96. The molecule has 0 aliphatic carbocycles. The van der Waals surface area contributed by atoms with Crippen molar-refractivity contribution in [2.24, 2.45) is 0 Å². The molecule has 1 amide bonds. The second-order valence-corrected chi connectivity index (χ2v) is 6.41. The standard InChI is InChI=1S/C16H24N2O7/c1-16(2,3)25-15(21)17-8-7-13(19)14(20)11-6-5-10(24-4)9-12(11)18(22)23/h5-6,9,13-14,19-20H,7-8H2,1-4H3,(H,17,21). The minimum absolute atomic E-state index is 0.0103. The highest BCUT2D eigenvalue weighted by molar-refractivity contribution is 5.67. The molecule has 25 heavy (non-hydrogen) atoms. The first-order valence-electron chi connectivity index (χ1n) is 7.70. The number of hydrogen-bond acceptors (Lipinski definition) is 7. The molecule has 0 aromatic heterocycles. The van der Waals surface area contributed by atoms with Gasteiger partial charge in [-0.3, -0.25) is 10.1 Å². The lowest BCUT2D eigenvalue weighted by Gasteiger charge is -2.21.